The van der Waals surface area contributed by atoms with E-state index in [1.165, 1.54) is 24.3 Å². The monoisotopic (exact) mass is 310 g/mol. The summed E-state index contributed by atoms with van der Waals surface area (Å²) in [6.07, 6.45) is 1.34. The van der Waals surface area contributed by atoms with E-state index in [0.717, 1.165) is 11.1 Å². The molecule has 6 heteroatoms. The molecule has 2 aromatic carbocycles. The van der Waals surface area contributed by atoms with E-state index in [0.29, 0.717) is 11.3 Å². The Labute approximate surface area is 133 Å². The Bertz CT molecular complexity index is 797. The Morgan fingerprint density at radius 1 is 1.00 bits per heavy atom. The number of nitrogens with one attached hydrogen (secondary N) is 1. The Hall–Kier alpha value is -3.28. The predicted molar refractivity (Wildman–Crippen MR) is 87.7 cm³/mol. The van der Waals surface area contributed by atoms with E-state index >= 15 is 0 Å². The summed E-state index contributed by atoms with van der Waals surface area (Å²) in [7, 11) is 0. The molecule has 117 valence electrons. The molecule has 0 atom stereocenters. The van der Waals surface area contributed by atoms with Crippen LogP contribution in [0.15, 0.2) is 48.5 Å². The average molecular weight is 310 g/mol. The fraction of sp³-hybridized carbons (Fsp3) is 0.0588. The summed E-state index contributed by atoms with van der Waals surface area (Å²) in [5, 5.41) is 12.8. The highest BCUT2D eigenvalue weighted by Crippen LogP contribution is 2.22. The smallest absolute Gasteiger partial charge is 0.258 e. The van der Waals surface area contributed by atoms with E-state index in [-0.39, 0.29) is 23.3 Å². The van der Waals surface area contributed by atoms with Crippen LogP contribution in [0.4, 0.5) is 11.4 Å². The molecule has 0 fully saturated rings. The van der Waals surface area contributed by atoms with Gasteiger partial charge in [-0.15, -0.1) is 0 Å². The topological polar surface area (TPSA) is 118 Å². The molecule has 23 heavy (non-hydrogen) atoms. The molecule has 0 bridgehead atoms. The summed E-state index contributed by atoms with van der Waals surface area (Å²) in [5.74, 6) is -0.832. The summed E-state index contributed by atoms with van der Waals surface area (Å²) >= 11 is 0. The summed E-state index contributed by atoms with van der Waals surface area (Å²) in [6.45, 7) is 1.91. The third-order valence-electron chi connectivity index (χ3n) is 3.23. The van der Waals surface area contributed by atoms with Crippen LogP contribution in [0.1, 0.15) is 11.1 Å². The quantitative estimate of drug-likeness (QED) is 0.551. The molecule has 3 rings (SSSR count). The van der Waals surface area contributed by atoms with Gasteiger partial charge >= 0.3 is 0 Å². The molecule has 0 aliphatic carbocycles. The second-order valence-electron chi connectivity index (χ2n) is 4.99. The van der Waals surface area contributed by atoms with E-state index in [1.807, 2.05) is 31.2 Å². The maximum Gasteiger partial charge on any atom is 0.258 e. The number of anilines is 2. The largest absolute Gasteiger partial charge is 0.399 e. The highest BCUT2D eigenvalue weighted by atomic mass is 16.3. The fourth-order valence-corrected chi connectivity index (χ4v) is 2.05. The van der Waals surface area contributed by atoms with Gasteiger partial charge in [0.1, 0.15) is 0 Å². The van der Waals surface area contributed by atoms with Gasteiger partial charge in [-0.25, -0.2) is 0 Å². The molecule has 2 aromatic rings. The van der Waals surface area contributed by atoms with E-state index in [4.69, 9.17) is 11.5 Å². The van der Waals surface area contributed by atoms with Crippen LogP contribution in [0.3, 0.4) is 0 Å². The highest BCUT2D eigenvalue weighted by molar-refractivity contribution is 6.33. The summed E-state index contributed by atoms with van der Waals surface area (Å²) < 4.78 is 0. The molecule has 0 saturated heterocycles. The second-order valence-corrected chi connectivity index (χ2v) is 4.99. The van der Waals surface area contributed by atoms with Gasteiger partial charge in [0.2, 0.25) is 5.75 Å². The number of amides is 2. The number of hydrogen-bond donors (Lipinski definition) is 3. The summed E-state index contributed by atoms with van der Waals surface area (Å²) in [6, 6.07) is 11.8. The second kappa shape index (κ2) is 6.65. The van der Waals surface area contributed by atoms with Crippen LogP contribution in [0.2, 0.25) is 0 Å². The van der Waals surface area contributed by atoms with Gasteiger partial charge in [-0.2, -0.15) is 0 Å². The average Bonchev–Trinajstić information content (AvgIpc) is 2.83. The Morgan fingerprint density at radius 2 is 1.70 bits per heavy atom. The zero-order valence-corrected chi connectivity index (χ0v) is 12.5. The molecule has 0 aromatic heterocycles. The Balaban J connectivity index is 0.000000185. The van der Waals surface area contributed by atoms with Crippen LogP contribution in [0.25, 0.3) is 5.57 Å². The minimum Gasteiger partial charge on any atom is -0.399 e. The molecule has 2 amide bonds. The SMILES string of the molecule is Cc1ccccc1C1=CC(=O)NC1=O.Nc1ccc([O])c(N)c1. The molecule has 0 unspecified atom stereocenters. The van der Waals surface area contributed by atoms with Crippen molar-refractivity contribution in [2.24, 2.45) is 0 Å². The minimum atomic E-state index is -0.340. The predicted octanol–water partition coefficient (Wildman–Crippen LogP) is 2.03. The highest BCUT2D eigenvalue weighted by Gasteiger charge is 2.22. The maximum absolute atomic E-state index is 11.3. The van der Waals surface area contributed by atoms with Crippen molar-refractivity contribution < 1.29 is 14.7 Å². The molecular formula is C17H16N3O3. The lowest BCUT2D eigenvalue weighted by Gasteiger charge is -2.03. The van der Waals surface area contributed by atoms with Crippen LogP contribution in [0, 0.1) is 6.92 Å². The maximum atomic E-state index is 11.3. The Kier molecular flexibility index (Phi) is 4.66. The number of aryl methyl sites for hydroxylation is 1. The van der Waals surface area contributed by atoms with Crippen molar-refractivity contribution in [3.05, 3.63) is 59.7 Å². The van der Waals surface area contributed by atoms with Gasteiger partial charge in [-0.3, -0.25) is 20.0 Å². The van der Waals surface area contributed by atoms with Crippen molar-refractivity contribution in [1.29, 1.82) is 0 Å². The van der Waals surface area contributed by atoms with Crippen molar-refractivity contribution >= 4 is 28.8 Å². The van der Waals surface area contributed by atoms with Gasteiger partial charge in [0.15, 0.2) is 0 Å². The number of imide groups is 1. The first kappa shape index (κ1) is 16.1. The molecule has 1 heterocycles. The molecule has 1 aliphatic rings. The van der Waals surface area contributed by atoms with Crippen molar-refractivity contribution in [3.63, 3.8) is 0 Å². The number of nitrogens with two attached hydrogens (primary N) is 2. The van der Waals surface area contributed by atoms with Crippen molar-refractivity contribution in [2.75, 3.05) is 11.5 Å². The van der Waals surface area contributed by atoms with Gasteiger partial charge in [0.05, 0.1) is 11.3 Å². The normalized spacial score (nSPS) is 13.0. The number of nitrogen functional groups attached to an aromatic ring is 2. The molecule has 6 nitrogen and oxygen atoms in total. The molecule has 0 saturated carbocycles. The first-order valence-electron chi connectivity index (χ1n) is 6.83. The first-order chi connectivity index (χ1) is 10.9. The molecular weight excluding hydrogens is 294 g/mol. The lowest BCUT2D eigenvalue weighted by Crippen LogP contribution is -2.21. The summed E-state index contributed by atoms with van der Waals surface area (Å²) in [4.78, 5) is 22.3. The molecule has 1 aliphatic heterocycles. The van der Waals surface area contributed by atoms with E-state index in [9.17, 15) is 14.7 Å². The van der Waals surface area contributed by atoms with E-state index < -0.39 is 0 Å². The van der Waals surface area contributed by atoms with Crippen LogP contribution < -0.4 is 16.8 Å². The van der Waals surface area contributed by atoms with Crippen LogP contribution in [-0.4, -0.2) is 11.8 Å². The standard InChI is InChI=1S/C11H9NO2.C6H7N2O/c1-7-4-2-3-5-8(7)9-6-10(13)12-11(9)14;7-4-1-2-6(9)5(8)3-4/h2-6H,1H3,(H,12,13,14);1-3H,7-8H2. The number of rotatable bonds is 1. The van der Waals surface area contributed by atoms with Crippen molar-refractivity contribution in [3.8, 4) is 5.75 Å². The zero-order valence-electron chi connectivity index (χ0n) is 12.5. The van der Waals surface area contributed by atoms with Gasteiger partial charge in [-0.05, 0) is 36.2 Å². The zero-order chi connectivity index (χ0) is 17.0. The lowest BCUT2D eigenvalue weighted by atomic mass is 10.0. The number of benzene rings is 2. The van der Waals surface area contributed by atoms with E-state index in [1.54, 1.807) is 0 Å². The molecule has 0 spiro atoms. The number of hydrogen-bond acceptors (Lipinski definition) is 4. The van der Waals surface area contributed by atoms with Crippen LogP contribution in [0.5, 0.6) is 5.75 Å². The Morgan fingerprint density at radius 3 is 2.22 bits per heavy atom. The number of carbonyl (C=O) groups is 2. The van der Waals surface area contributed by atoms with Gasteiger partial charge in [0, 0.05) is 11.8 Å². The van der Waals surface area contributed by atoms with Gasteiger partial charge < -0.3 is 11.5 Å². The first-order valence-corrected chi connectivity index (χ1v) is 6.83. The minimum absolute atomic E-state index is 0.177. The van der Waals surface area contributed by atoms with Crippen molar-refractivity contribution in [2.45, 2.75) is 6.92 Å². The number of carbonyl (C=O) groups excluding carboxylic acids is 2. The van der Waals surface area contributed by atoms with Gasteiger partial charge in [-0.1, -0.05) is 24.3 Å². The fourth-order valence-electron chi connectivity index (χ4n) is 2.05. The molecule has 1 radical (unpaired) electrons. The van der Waals surface area contributed by atoms with Gasteiger partial charge in [0.25, 0.3) is 11.8 Å². The summed E-state index contributed by atoms with van der Waals surface area (Å²) in [5.41, 5.74) is 13.5. The van der Waals surface area contributed by atoms with Crippen LogP contribution >= 0.6 is 0 Å². The van der Waals surface area contributed by atoms with Crippen molar-refractivity contribution in [1.82, 2.24) is 5.32 Å². The molecule has 5 N–H and O–H groups in total. The lowest BCUT2D eigenvalue weighted by molar-refractivity contribution is -0.123. The third-order valence-corrected chi connectivity index (χ3v) is 3.23. The van der Waals surface area contributed by atoms with Crippen LogP contribution in [-0.2, 0) is 14.7 Å². The third kappa shape index (κ3) is 3.88. The van der Waals surface area contributed by atoms with E-state index in [2.05, 4.69) is 5.32 Å².